The van der Waals surface area contributed by atoms with Crippen molar-refractivity contribution in [2.45, 2.75) is 32.5 Å². The highest BCUT2D eigenvalue weighted by molar-refractivity contribution is 5.61. The second-order valence-corrected chi connectivity index (χ2v) is 6.16. The summed E-state index contributed by atoms with van der Waals surface area (Å²) in [4.78, 5) is 12.9. The number of nitro benzene ring substituents is 1. The fourth-order valence-corrected chi connectivity index (χ4v) is 2.91. The molecule has 3 rings (SSSR count). The van der Waals surface area contributed by atoms with Gasteiger partial charge in [0.1, 0.15) is 11.5 Å². The van der Waals surface area contributed by atoms with Gasteiger partial charge in [-0.05, 0) is 26.0 Å². The van der Waals surface area contributed by atoms with Crippen molar-refractivity contribution in [3.05, 3.63) is 52.3 Å². The van der Waals surface area contributed by atoms with Gasteiger partial charge in [0.2, 0.25) is 0 Å². The van der Waals surface area contributed by atoms with E-state index in [4.69, 9.17) is 4.42 Å². The van der Waals surface area contributed by atoms with Gasteiger partial charge in [-0.3, -0.25) is 15.0 Å². The fourth-order valence-electron chi connectivity index (χ4n) is 2.91. The van der Waals surface area contributed by atoms with Gasteiger partial charge in [-0.25, -0.2) is 0 Å². The van der Waals surface area contributed by atoms with Gasteiger partial charge in [0, 0.05) is 42.9 Å². The number of benzene rings is 1. The number of nitrogens with zero attached hydrogens (tertiary/aromatic N) is 2. The molecule has 0 amide bonds. The molecule has 1 aromatic heterocycles. The maximum atomic E-state index is 10.9. The van der Waals surface area contributed by atoms with E-state index in [2.05, 4.69) is 24.1 Å². The third kappa shape index (κ3) is 3.60. The van der Waals surface area contributed by atoms with E-state index in [1.165, 1.54) is 12.1 Å². The minimum Gasteiger partial charge on any atom is -0.460 e. The van der Waals surface area contributed by atoms with Crippen molar-refractivity contribution < 1.29 is 9.34 Å². The van der Waals surface area contributed by atoms with Crippen LogP contribution < -0.4 is 5.32 Å². The second-order valence-electron chi connectivity index (χ2n) is 6.16. The molecule has 1 saturated heterocycles. The van der Waals surface area contributed by atoms with Crippen molar-refractivity contribution in [3.63, 3.8) is 0 Å². The Hall–Kier alpha value is -2.18. The number of nitrogens with one attached hydrogen (secondary N) is 1. The third-order valence-electron chi connectivity index (χ3n) is 4.26. The highest BCUT2D eigenvalue weighted by Crippen LogP contribution is 2.26. The second kappa shape index (κ2) is 6.52. The van der Waals surface area contributed by atoms with Crippen LogP contribution in [0.1, 0.15) is 19.6 Å². The molecule has 0 spiro atoms. The molecule has 0 saturated carbocycles. The minimum atomic E-state index is -0.392. The van der Waals surface area contributed by atoms with E-state index in [0.29, 0.717) is 17.8 Å². The summed E-state index contributed by atoms with van der Waals surface area (Å²) in [6, 6.07) is 11.3. The van der Waals surface area contributed by atoms with Crippen molar-refractivity contribution in [2.24, 2.45) is 0 Å². The molecule has 23 heavy (non-hydrogen) atoms. The summed E-state index contributed by atoms with van der Waals surface area (Å²) in [5, 5.41) is 14.3. The maximum absolute atomic E-state index is 10.9. The summed E-state index contributed by atoms with van der Waals surface area (Å²) in [5.74, 6) is 1.55. The van der Waals surface area contributed by atoms with Gasteiger partial charge < -0.3 is 9.73 Å². The Morgan fingerprint density at radius 2 is 2.17 bits per heavy atom. The highest BCUT2D eigenvalue weighted by atomic mass is 16.6. The van der Waals surface area contributed by atoms with Crippen molar-refractivity contribution in [3.8, 4) is 11.3 Å². The third-order valence-corrected chi connectivity index (χ3v) is 4.26. The fraction of sp³-hybridized carbons (Fsp3) is 0.412. The number of non-ortho nitro benzene ring substituents is 1. The van der Waals surface area contributed by atoms with Crippen molar-refractivity contribution in [1.29, 1.82) is 0 Å². The van der Waals surface area contributed by atoms with Crippen LogP contribution in [0.4, 0.5) is 5.69 Å². The molecule has 1 aliphatic heterocycles. The lowest BCUT2D eigenvalue weighted by Crippen LogP contribution is -2.53. The zero-order valence-electron chi connectivity index (χ0n) is 13.4. The quantitative estimate of drug-likeness (QED) is 0.693. The van der Waals surface area contributed by atoms with E-state index in [-0.39, 0.29) is 5.69 Å². The van der Waals surface area contributed by atoms with Crippen molar-refractivity contribution in [1.82, 2.24) is 10.2 Å². The summed E-state index contributed by atoms with van der Waals surface area (Å²) >= 11 is 0. The van der Waals surface area contributed by atoms with Crippen LogP contribution in [0, 0.1) is 10.1 Å². The first-order valence-corrected chi connectivity index (χ1v) is 7.84. The van der Waals surface area contributed by atoms with E-state index in [1.54, 1.807) is 6.07 Å². The predicted octanol–water partition coefficient (Wildman–Crippen LogP) is 3.04. The Morgan fingerprint density at radius 1 is 1.35 bits per heavy atom. The SMILES string of the molecule is CC1CN(Cc2ccc(-c3cccc([N+](=O)[O-])c3)o2)C(C)CN1. The molecular weight excluding hydrogens is 294 g/mol. The zero-order chi connectivity index (χ0) is 16.4. The van der Waals surface area contributed by atoms with Crippen LogP contribution in [0.5, 0.6) is 0 Å². The first-order chi connectivity index (χ1) is 11.0. The van der Waals surface area contributed by atoms with E-state index < -0.39 is 4.92 Å². The average molecular weight is 315 g/mol. The number of furan rings is 1. The van der Waals surface area contributed by atoms with Crippen LogP contribution in [0.15, 0.2) is 40.8 Å². The lowest BCUT2D eigenvalue weighted by molar-refractivity contribution is -0.384. The molecule has 1 aromatic carbocycles. The minimum absolute atomic E-state index is 0.0741. The Labute approximate surface area is 135 Å². The summed E-state index contributed by atoms with van der Waals surface area (Å²) in [7, 11) is 0. The Morgan fingerprint density at radius 3 is 2.96 bits per heavy atom. The molecule has 2 unspecified atom stereocenters. The van der Waals surface area contributed by atoms with E-state index in [9.17, 15) is 10.1 Å². The van der Waals surface area contributed by atoms with Gasteiger partial charge in [0.15, 0.2) is 0 Å². The number of piperazine rings is 1. The average Bonchev–Trinajstić information content (AvgIpc) is 3.00. The van der Waals surface area contributed by atoms with E-state index in [0.717, 1.165) is 31.0 Å². The summed E-state index contributed by atoms with van der Waals surface area (Å²) in [6.45, 7) is 7.08. The molecule has 0 radical (unpaired) electrons. The van der Waals surface area contributed by atoms with Crippen molar-refractivity contribution in [2.75, 3.05) is 13.1 Å². The molecule has 2 heterocycles. The molecule has 2 atom stereocenters. The first kappa shape index (κ1) is 15.7. The highest BCUT2D eigenvalue weighted by Gasteiger charge is 2.23. The lowest BCUT2D eigenvalue weighted by atomic mass is 10.1. The molecule has 6 heteroatoms. The van der Waals surface area contributed by atoms with Crippen molar-refractivity contribution >= 4 is 5.69 Å². The Kier molecular flexibility index (Phi) is 4.45. The molecule has 1 N–H and O–H groups in total. The molecule has 6 nitrogen and oxygen atoms in total. The number of nitro groups is 1. The molecule has 0 aliphatic carbocycles. The van der Waals surface area contributed by atoms with E-state index >= 15 is 0 Å². The molecule has 1 aliphatic rings. The number of hydrogen-bond acceptors (Lipinski definition) is 5. The summed E-state index contributed by atoms with van der Waals surface area (Å²) in [5.41, 5.74) is 0.803. The van der Waals surface area contributed by atoms with Gasteiger partial charge in [-0.1, -0.05) is 12.1 Å². The Bertz CT molecular complexity index is 698. The van der Waals surface area contributed by atoms with Gasteiger partial charge in [0.05, 0.1) is 11.5 Å². The molecule has 2 aromatic rings. The van der Waals surface area contributed by atoms with Gasteiger partial charge in [-0.15, -0.1) is 0 Å². The molecule has 122 valence electrons. The normalized spacial score (nSPS) is 22.2. The molecular formula is C17H21N3O3. The number of rotatable bonds is 4. The van der Waals surface area contributed by atoms with Gasteiger partial charge >= 0.3 is 0 Å². The van der Waals surface area contributed by atoms with Crippen LogP contribution in [0.3, 0.4) is 0 Å². The topological polar surface area (TPSA) is 71.5 Å². The zero-order valence-corrected chi connectivity index (χ0v) is 13.4. The number of hydrogen-bond donors (Lipinski definition) is 1. The van der Waals surface area contributed by atoms with Crippen LogP contribution >= 0.6 is 0 Å². The predicted molar refractivity (Wildman–Crippen MR) is 88.1 cm³/mol. The van der Waals surface area contributed by atoms with E-state index in [1.807, 2.05) is 18.2 Å². The standard InChI is InChI=1S/C17H21N3O3/c1-12-10-19(13(2)9-18-12)11-16-6-7-17(23-16)14-4-3-5-15(8-14)20(21)22/h3-8,12-13,18H,9-11H2,1-2H3. The van der Waals surface area contributed by atoms with Crippen LogP contribution in [0.2, 0.25) is 0 Å². The van der Waals surface area contributed by atoms with Crippen LogP contribution in [0.25, 0.3) is 11.3 Å². The largest absolute Gasteiger partial charge is 0.460 e. The van der Waals surface area contributed by atoms with Gasteiger partial charge in [0.25, 0.3) is 5.69 Å². The maximum Gasteiger partial charge on any atom is 0.270 e. The monoisotopic (exact) mass is 315 g/mol. The van der Waals surface area contributed by atoms with Crippen LogP contribution in [-0.4, -0.2) is 35.0 Å². The summed E-state index contributed by atoms with van der Waals surface area (Å²) < 4.78 is 5.91. The molecule has 1 fully saturated rings. The first-order valence-electron chi connectivity index (χ1n) is 7.84. The molecule has 0 bridgehead atoms. The lowest BCUT2D eigenvalue weighted by Gasteiger charge is -2.36. The summed E-state index contributed by atoms with van der Waals surface area (Å²) in [6.07, 6.45) is 0. The Balaban J connectivity index is 1.75. The van der Waals surface area contributed by atoms with Crippen LogP contribution in [-0.2, 0) is 6.54 Å². The smallest absolute Gasteiger partial charge is 0.270 e. The van der Waals surface area contributed by atoms with Gasteiger partial charge in [-0.2, -0.15) is 0 Å².